The minimum atomic E-state index is 0.115. The molecule has 2 fully saturated rings. The van der Waals surface area contributed by atoms with Crippen LogP contribution < -0.4 is 10.2 Å². The monoisotopic (exact) mass is 322 g/mol. The molecule has 0 aliphatic carbocycles. The second kappa shape index (κ2) is 7.34. The summed E-state index contributed by atoms with van der Waals surface area (Å²) in [6, 6.07) is 8.12. The lowest BCUT2D eigenvalue weighted by Crippen LogP contribution is -2.49. The van der Waals surface area contributed by atoms with Crippen LogP contribution in [0.25, 0.3) is 0 Å². The Balaban J connectivity index is 1.58. The molecule has 0 unspecified atom stereocenters. The van der Waals surface area contributed by atoms with Crippen molar-refractivity contribution in [2.75, 3.05) is 31.2 Å². The number of ether oxygens (including phenoxy) is 1. The van der Waals surface area contributed by atoms with Gasteiger partial charge in [0.15, 0.2) is 0 Å². The van der Waals surface area contributed by atoms with E-state index in [1.807, 2.05) is 24.3 Å². The van der Waals surface area contributed by atoms with Crippen LogP contribution in [0, 0.1) is 5.92 Å². The highest BCUT2D eigenvalue weighted by atomic mass is 35.5. The van der Waals surface area contributed by atoms with Crippen molar-refractivity contribution in [3.05, 3.63) is 29.3 Å². The fraction of sp³-hybridized carbons (Fsp3) is 0.588. The van der Waals surface area contributed by atoms with Gasteiger partial charge in [-0.05, 0) is 37.8 Å². The molecule has 2 aliphatic rings. The Morgan fingerprint density at radius 2 is 2.00 bits per heavy atom. The molecule has 0 spiro atoms. The van der Waals surface area contributed by atoms with E-state index >= 15 is 0 Å². The van der Waals surface area contributed by atoms with Crippen LogP contribution in [0.4, 0.5) is 5.69 Å². The zero-order valence-electron chi connectivity index (χ0n) is 12.8. The van der Waals surface area contributed by atoms with Crippen LogP contribution in [-0.4, -0.2) is 38.3 Å². The Labute approximate surface area is 136 Å². The number of benzene rings is 1. The highest BCUT2D eigenvalue weighted by Crippen LogP contribution is 2.28. The smallest absolute Gasteiger partial charge is 0.223 e. The van der Waals surface area contributed by atoms with Crippen LogP contribution in [0.1, 0.15) is 25.7 Å². The van der Waals surface area contributed by atoms with Crippen LogP contribution in [0.3, 0.4) is 0 Å². The van der Waals surface area contributed by atoms with Gasteiger partial charge in [0.1, 0.15) is 0 Å². The highest BCUT2D eigenvalue weighted by molar-refractivity contribution is 6.33. The number of halogens is 1. The second-order valence-corrected chi connectivity index (χ2v) is 6.54. The third-order valence-corrected chi connectivity index (χ3v) is 4.87. The highest BCUT2D eigenvalue weighted by Gasteiger charge is 2.27. The number of nitrogens with zero attached hydrogens (tertiary/aromatic N) is 1. The summed E-state index contributed by atoms with van der Waals surface area (Å²) in [7, 11) is 0. The van der Waals surface area contributed by atoms with Gasteiger partial charge in [-0.3, -0.25) is 4.79 Å². The zero-order chi connectivity index (χ0) is 15.4. The van der Waals surface area contributed by atoms with Gasteiger partial charge in [0.25, 0.3) is 0 Å². The predicted molar refractivity (Wildman–Crippen MR) is 88.4 cm³/mol. The summed E-state index contributed by atoms with van der Waals surface area (Å²) in [6.07, 6.45) is 3.79. The van der Waals surface area contributed by atoms with Crippen LogP contribution in [0.2, 0.25) is 5.02 Å². The van der Waals surface area contributed by atoms with E-state index in [1.54, 1.807) is 0 Å². The van der Waals surface area contributed by atoms with Crippen molar-refractivity contribution in [1.29, 1.82) is 0 Å². The average Bonchev–Trinajstić information content (AvgIpc) is 2.56. The number of hydrogen-bond acceptors (Lipinski definition) is 3. The first-order valence-corrected chi connectivity index (χ1v) is 8.49. The SMILES string of the molecule is O=C(N[C@H]1CCCN(c2ccccc2Cl)C1)C1CCOCC1. The van der Waals surface area contributed by atoms with E-state index in [1.165, 1.54) is 0 Å². The third-order valence-electron chi connectivity index (χ3n) is 4.55. The van der Waals surface area contributed by atoms with E-state index in [9.17, 15) is 4.79 Å². The van der Waals surface area contributed by atoms with Gasteiger partial charge in [-0.25, -0.2) is 0 Å². The standard InChI is InChI=1S/C17H23ClN2O2/c18-15-5-1-2-6-16(15)20-9-3-4-14(12-20)19-17(21)13-7-10-22-11-8-13/h1-2,5-6,13-14H,3-4,7-12H2,(H,19,21)/t14-/m0/s1. The topological polar surface area (TPSA) is 41.6 Å². The molecule has 3 rings (SSSR count). The first-order chi connectivity index (χ1) is 10.7. The Morgan fingerprint density at radius 1 is 1.23 bits per heavy atom. The first kappa shape index (κ1) is 15.6. The maximum atomic E-state index is 12.4. The Kier molecular flexibility index (Phi) is 5.21. The van der Waals surface area contributed by atoms with Gasteiger partial charge in [-0.2, -0.15) is 0 Å². The van der Waals surface area contributed by atoms with Gasteiger partial charge in [-0.1, -0.05) is 23.7 Å². The molecule has 0 radical (unpaired) electrons. The van der Waals surface area contributed by atoms with Crippen molar-refractivity contribution in [3.8, 4) is 0 Å². The molecule has 22 heavy (non-hydrogen) atoms. The Hall–Kier alpha value is -1.26. The molecular formula is C17H23ClN2O2. The lowest BCUT2D eigenvalue weighted by atomic mass is 9.97. The summed E-state index contributed by atoms with van der Waals surface area (Å²) in [4.78, 5) is 14.6. The fourth-order valence-corrected chi connectivity index (χ4v) is 3.56. The van der Waals surface area contributed by atoms with Crippen LogP contribution in [-0.2, 0) is 9.53 Å². The number of nitrogens with one attached hydrogen (secondary N) is 1. The number of carbonyl (C=O) groups excluding carboxylic acids is 1. The second-order valence-electron chi connectivity index (χ2n) is 6.13. The number of para-hydroxylation sites is 1. The first-order valence-electron chi connectivity index (χ1n) is 8.11. The number of hydrogen-bond donors (Lipinski definition) is 1. The van der Waals surface area contributed by atoms with Crippen molar-refractivity contribution in [1.82, 2.24) is 5.32 Å². The van der Waals surface area contributed by atoms with Crippen LogP contribution >= 0.6 is 11.6 Å². The predicted octanol–water partition coefficient (Wildman–Crippen LogP) is 2.85. The summed E-state index contributed by atoms with van der Waals surface area (Å²) in [5.41, 5.74) is 1.06. The normalized spacial score (nSPS) is 23.3. The summed E-state index contributed by atoms with van der Waals surface area (Å²) in [6.45, 7) is 3.23. The maximum Gasteiger partial charge on any atom is 0.223 e. The molecule has 120 valence electrons. The molecule has 1 amide bonds. The van der Waals surface area contributed by atoms with E-state index < -0.39 is 0 Å². The van der Waals surface area contributed by atoms with Crippen LogP contribution in [0.15, 0.2) is 24.3 Å². The summed E-state index contributed by atoms with van der Waals surface area (Å²) >= 11 is 6.29. The number of anilines is 1. The molecule has 0 bridgehead atoms. The Morgan fingerprint density at radius 3 is 2.77 bits per heavy atom. The Bertz CT molecular complexity index is 517. The largest absolute Gasteiger partial charge is 0.381 e. The lowest BCUT2D eigenvalue weighted by molar-refractivity contribution is -0.128. The van der Waals surface area contributed by atoms with Crippen molar-refractivity contribution in [3.63, 3.8) is 0 Å². The number of amides is 1. The van der Waals surface area contributed by atoms with Gasteiger partial charge in [0, 0.05) is 38.3 Å². The summed E-state index contributed by atoms with van der Waals surface area (Å²) in [5.74, 6) is 0.304. The number of rotatable bonds is 3. The molecule has 1 atom stereocenters. The van der Waals surface area contributed by atoms with Gasteiger partial charge in [0.05, 0.1) is 10.7 Å². The van der Waals surface area contributed by atoms with Crippen molar-refractivity contribution >= 4 is 23.2 Å². The van der Waals surface area contributed by atoms with Gasteiger partial charge < -0.3 is 15.0 Å². The van der Waals surface area contributed by atoms with E-state index in [4.69, 9.17) is 16.3 Å². The van der Waals surface area contributed by atoms with Gasteiger partial charge >= 0.3 is 0 Å². The molecular weight excluding hydrogens is 300 g/mol. The number of carbonyl (C=O) groups is 1. The molecule has 5 heteroatoms. The molecule has 4 nitrogen and oxygen atoms in total. The van der Waals surface area contributed by atoms with Crippen molar-refractivity contribution in [2.45, 2.75) is 31.7 Å². The van der Waals surface area contributed by atoms with Crippen molar-refractivity contribution < 1.29 is 9.53 Å². The van der Waals surface area contributed by atoms with Crippen LogP contribution in [0.5, 0.6) is 0 Å². The molecule has 1 N–H and O–H groups in total. The maximum absolute atomic E-state index is 12.4. The van der Waals surface area contributed by atoms with E-state index in [2.05, 4.69) is 10.2 Å². The third kappa shape index (κ3) is 3.73. The van der Waals surface area contributed by atoms with Crippen molar-refractivity contribution in [2.24, 2.45) is 5.92 Å². The summed E-state index contributed by atoms with van der Waals surface area (Å²) in [5, 5.41) is 4.01. The fourth-order valence-electron chi connectivity index (χ4n) is 3.30. The van der Waals surface area contributed by atoms with Gasteiger partial charge in [-0.15, -0.1) is 0 Å². The van der Waals surface area contributed by atoms with E-state index in [-0.39, 0.29) is 17.9 Å². The molecule has 1 aromatic rings. The minimum absolute atomic E-state index is 0.115. The molecule has 0 aromatic heterocycles. The minimum Gasteiger partial charge on any atom is -0.381 e. The number of piperidine rings is 1. The molecule has 2 aliphatic heterocycles. The summed E-state index contributed by atoms with van der Waals surface area (Å²) < 4.78 is 5.33. The van der Waals surface area contributed by atoms with Gasteiger partial charge in [0.2, 0.25) is 5.91 Å². The molecule has 2 heterocycles. The average molecular weight is 323 g/mol. The molecule has 2 saturated heterocycles. The quantitative estimate of drug-likeness (QED) is 0.930. The zero-order valence-corrected chi connectivity index (χ0v) is 13.5. The molecule has 1 aromatic carbocycles. The lowest BCUT2D eigenvalue weighted by Gasteiger charge is -2.36. The molecule has 0 saturated carbocycles. The van der Waals surface area contributed by atoms with E-state index in [0.717, 1.165) is 49.5 Å². The van der Waals surface area contributed by atoms with E-state index in [0.29, 0.717) is 13.2 Å².